The average Bonchev–Trinajstić information content (AvgIpc) is 2.47. The van der Waals surface area contributed by atoms with E-state index in [1.165, 1.54) is 13.0 Å². The molecule has 0 heterocycles. The number of nitrogens with one attached hydrogen (secondary N) is 1. The van der Waals surface area contributed by atoms with Crippen LogP contribution in [0, 0.1) is 0 Å². The molecule has 0 fully saturated rings. The molecule has 0 radical (unpaired) electrons. The van der Waals surface area contributed by atoms with Crippen LogP contribution in [0.3, 0.4) is 0 Å². The van der Waals surface area contributed by atoms with Crippen LogP contribution in [0.15, 0.2) is 54.6 Å². The maximum absolute atomic E-state index is 11.7. The number of carbonyl (C=O) groups is 2. The van der Waals surface area contributed by atoms with Crippen LogP contribution in [-0.2, 0) is 9.59 Å². The van der Waals surface area contributed by atoms with Crippen molar-refractivity contribution >= 4 is 35.2 Å². The number of esters is 1. The highest BCUT2D eigenvalue weighted by molar-refractivity contribution is 6.30. The molecule has 0 atom stereocenters. The number of hydrogen-bond donors (Lipinski definition) is 1. The van der Waals surface area contributed by atoms with E-state index in [2.05, 4.69) is 5.32 Å². The van der Waals surface area contributed by atoms with Gasteiger partial charge in [0.05, 0.1) is 0 Å². The Morgan fingerprint density at radius 1 is 1.14 bits per heavy atom. The van der Waals surface area contributed by atoms with E-state index in [0.29, 0.717) is 16.5 Å². The van der Waals surface area contributed by atoms with Gasteiger partial charge in [-0.1, -0.05) is 23.7 Å². The fourth-order valence-electron chi connectivity index (χ4n) is 1.73. The van der Waals surface area contributed by atoms with Crippen LogP contribution < -0.4 is 10.1 Å². The van der Waals surface area contributed by atoms with Gasteiger partial charge in [-0.2, -0.15) is 0 Å². The molecular formula is C17H14ClNO3. The first-order valence-corrected chi connectivity index (χ1v) is 6.94. The molecule has 22 heavy (non-hydrogen) atoms. The molecule has 112 valence electrons. The van der Waals surface area contributed by atoms with E-state index in [1.54, 1.807) is 48.5 Å². The first-order chi connectivity index (χ1) is 10.5. The van der Waals surface area contributed by atoms with Crippen molar-refractivity contribution in [1.82, 2.24) is 0 Å². The van der Waals surface area contributed by atoms with Crippen molar-refractivity contribution in [2.75, 3.05) is 5.32 Å². The topological polar surface area (TPSA) is 55.4 Å². The zero-order chi connectivity index (χ0) is 15.9. The van der Waals surface area contributed by atoms with Crippen LogP contribution in [0.25, 0.3) is 6.08 Å². The number of benzene rings is 2. The van der Waals surface area contributed by atoms with E-state index in [4.69, 9.17) is 16.3 Å². The number of anilines is 1. The summed E-state index contributed by atoms with van der Waals surface area (Å²) in [4.78, 5) is 22.6. The van der Waals surface area contributed by atoms with Crippen molar-refractivity contribution in [3.8, 4) is 5.75 Å². The van der Waals surface area contributed by atoms with Gasteiger partial charge in [0.1, 0.15) is 5.75 Å². The highest BCUT2D eigenvalue weighted by Crippen LogP contribution is 2.16. The molecule has 0 aliphatic carbocycles. The first-order valence-electron chi connectivity index (χ1n) is 6.56. The minimum absolute atomic E-state index is 0.158. The summed E-state index contributed by atoms with van der Waals surface area (Å²) in [5.74, 6) is -0.253. The van der Waals surface area contributed by atoms with Gasteiger partial charge in [0.2, 0.25) is 5.91 Å². The fourth-order valence-corrected chi connectivity index (χ4v) is 1.93. The highest BCUT2D eigenvalue weighted by atomic mass is 35.5. The van der Waals surface area contributed by atoms with Gasteiger partial charge in [-0.05, 0) is 48.0 Å². The summed E-state index contributed by atoms with van der Waals surface area (Å²) in [6.07, 6.45) is 2.95. The summed E-state index contributed by atoms with van der Waals surface area (Å²) >= 11 is 5.86. The lowest BCUT2D eigenvalue weighted by Gasteiger charge is -2.04. The third kappa shape index (κ3) is 5.07. The van der Waals surface area contributed by atoms with E-state index in [1.807, 2.05) is 6.07 Å². The second-order valence-corrected chi connectivity index (χ2v) is 4.95. The molecule has 0 aromatic heterocycles. The van der Waals surface area contributed by atoms with E-state index < -0.39 is 5.97 Å². The Hall–Kier alpha value is -2.59. The number of carbonyl (C=O) groups excluding carboxylic acids is 2. The molecule has 2 aromatic carbocycles. The normalized spacial score (nSPS) is 10.5. The Kier molecular flexibility index (Phi) is 5.33. The molecule has 2 rings (SSSR count). The first kappa shape index (κ1) is 15.8. The number of halogens is 1. The summed E-state index contributed by atoms with van der Waals surface area (Å²) in [6, 6.07) is 13.7. The summed E-state index contributed by atoms with van der Waals surface area (Å²) in [5.41, 5.74) is 1.45. The number of ether oxygens (including phenoxy) is 1. The van der Waals surface area contributed by atoms with Gasteiger partial charge in [0.15, 0.2) is 0 Å². The van der Waals surface area contributed by atoms with E-state index >= 15 is 0 Å². The zero-order valence-corrected chi connectivity index (χ0v) is 12.6. The molecule has 0 bridgehead atoms. The second-order valence-electron chi connectivity index (χ2n) is 4.52. The van der Waals surface area contributed by atoms with E-state index in [0.717, 1.165) is 5.56 Å². The number of rotatable bonds is 4. The molecule has 0 aliphatic rings. The molecule has 0 saturated heterocycles. The third-order valence-electron chi connectivity index (χ3n) is 2.65. The minimum atomic E-state index is -0.493. The molecule has 0 spiro atoms. The largest absolute Gasteiger partial charge is 0.423 e. The lowest BCUT2D eigenvalue weighted by atomic mass is 10.2. The van der Waals surface area contributed by atoms with Crippen molar-refractivity contribution in [2.45, 2.75) is 6.92 Å². The van der Waals surface area contributed by atoms with Gasteiger partial charge in [-0.3, -0.25) is 4.79 Å². The van der Waals surface area contributed by atoms with Crippen molar-refractivity contribution in [2.24, 2.45) is 0 Å². The molecular weight excluding hydrogens is 302 g/mol. The lowest BCUT2D eigenvalue weighted by Crippen LogP contribution is -2.06. The van der Waals surface area contributed by atoms with Crippen molar-refractivity contribution in [1.29, 1.82) is 0 Å². The second kappa shape index (κ2) is 7.43. The molecule has 0 aliphatic heterocycles. The molecule has 5 heteroatoms. The van der Waals surface area contributed by atoms with E-state index in [9.17, 15) is 9.59 Å². The Labute approximate surface area is 133 Å². The van der Waals surface area contributed by atoms with Crippen LogP contribution in [0.4, 0.5) is 5.69 Å². The van der Waals surface area contributed by atoms with Gasteiger partial charge in [0, 0.05) is 23.7 Å². The fraction of sp³-hybridized carbons (Fsp3) is 0.0588. The van der Waals surface area contributed by atoms with Crippen molar-refractivity contribution in [3.05, 3.63) is 65.2 Å². The van der Waals surface area contributed by atoms with Crippen LogP contribution in [-0.4, -0.2) is 11.9 Å². The molecule has 1 amide bonds. The zero-order valence-electron chi connectivity index (χ0n) is 11.9. The number of hydrogen-bond acceptors (Lipinski definition) is 3. The SMILES string of the molecule is CC(=O)Nc1ccc(OC(=O)/C=C/c2cccc(Cl)c2)cc1. The summed E-state index contributed by atoms with van der Waals surface area (Å²) in [5, 5.41) is 3.23. The Morgan fingerprint density at radius 2 is 1.86 bits per heavy atom. The van der Waals surface area contributed by atoms with Crippen LogP contribution >= 0.6 is 11.6 Å². The molecule has 0 unspecified atom stereocenters. The Bertz CT molecular complexity index is 708. The summed E-state index contributed by atoms with van der Waals surface area (Å²) < 4.78 is 5.15. The smallest absolute Gasteiger partial charge is 0.336 e. The maximum Gasteiger partial charge on any atom is 0.336 e. The number of amides is 1. The highest BCUT2D eigenvalue weighted by Gasteiger charge is 2.01. The van der Waals surface area contributed by atoms with Crippen LogP contribution in [0.1, 0.15) is 12.5 Å². The van der Waals surface area contributed by atoms with Gasteiger partial charge in [-0.15, -0.1) is 0 Å². The van der Waals surface area contributed by atoms with Gasteiger partial charge >= 0.3 is 5.97 Å². The predicted octanol–water partition coefficient (Wildman–Crippen LogP) is 3.92. The minimum Gasteiger partial charge on any atom is -0.423 e. The quantitative estimate of drug-likeness (QED) is 0.528. The van der Waals surface area contributed by atoms with Crippen LogP contribution in [0.2, 0.25) is 5.02 Å². The lowest BCUT2D eigenvalue weighted by molar-refractivity contribution is -0.128. The monoisotopic (exact) mass is 315 g/mol. The summed E-state index contributed by atoms with van der Waals surface area (Å²) in [7, 11) is 0. The van der Waals surface area contributed by atoms with Crippen LogP contribution in [0.5, 0.6) is 5.75 Å². The molecule has 2 aromatic rings. The molecule has 4 nitrogen and oxygen atoms in total. The van der Waals surface area contributed by atoms with E-state index in [-0.39, 0.29) is 5.91 Å². The van der Waals surface area contributed by atoms with Gasteiger partial charge < -0.3 is 10.1 Å². The molecule has 1 N–H and O–H groups in total. The Balaban J connectivity index is 1.95. The average molecular weight is 316 g/mol. The predicted molar refractivity (Wildman–Crippen MR) is 86.9 cm³/mol. The van der Waals surface area contributed by atoms with Crippen molar-refractivity contribution in [3.63, 3.8) is 0 Å². The third-order valence-corrected chi connectivity index (χ3v) is 2.89. The maximum atomic E-state index is 11.7. The Morgan fingerprint density at radius 3 is 2.50 bits per heavy atom. The molecule has 0 saturated carbocycles. The standard InChI is InChI=1S/C17H14ClNO3/c1-12(20)19-15-6-8-16(9-7-15)22-17(21)10-5-13-3-2-4-14(18)11-13/h2-11H,1H3,(H,19,20)/b10-5+. The van der Waals surface area contributed by atoms with Gasteiger partial charge in [-0.25, -0.2) is 4.79 Å². The van der Waals surface area contributed by atoms with Gasteiger partial charge in [0.25, 0.3) is 0 Å². The summed E-state index contributed by atoms with van der Waals surface area (Å²) in [6.45, 7) is 1.43. The van der Waals surface area contributed by atoms with Crippen molar-refractivity contribution < 1.29 is 14.3 Å².